The molecule has 1 amide bonds. The van der Waals surface area contributed by atoms with Crippen LogP contribution in [-0.4, -0.2) is 36.2 Å². The third kappa shape index (κ3) is 6.18. The monoisotopic (exact) mass is 260 g/mol. The largest absolute Gasteiger partial charge is 0.442 e. The molecule has 2 unspecified atom stereocenters. The number of carbonyl (C=O) groups is 1. The van der Waals surface area contributed by atoms with Gasteiger partial charge in [-0.3, -0.25) is 10.2 Å². The summed E-state index contributed by atoms with van der Waals surface area (Å²) in [5.74, 6) is 0.287. The zero-order valence-corrected chi connectivity index (χ0v) is 11.4. The molecule has 18 heavy (non-hydrogen) atoms. The maximum Gasteiger partial charge on any atom is 0.431 e. The van der Waals surface area contributed by atoms with E-state index in [0.717, 1.165) is 25.8 Å². The van der Waals surface area contributed by atoms with Crippen LogP contribution in [0.15, 0.2) is 0 Å². The third-order valence-corrected chi connectivity index (χ3v) is 2.69. The Morgan fingerprint density at radius 2 is 2.22 bits per heavy atom. The predicted molar refractivity (Wildman–Crippen MR) is 66.7 cm³/mol. The molecule has 0 aliphatic carbocycles. The van der Waals surface area contributed by atoms with E-state index in [1.165, 1.54) is 0 Å². The van der Waals surface area contributed by atoms with Crippen LogP contribution in [0.5, 0.6) is 0 Å². The maximum absolute atomic E-state index is 11.2. The Balaban J connectivity index is 2.00. The Kier molecular flexibility index (Phi) is 5.84. The van der Waals surface area contributed by atoms with Crippen molar-refractivity contribution in [3.05, 3.63) is 0 Å². The molecule has 0 aromatic heterocycles. The van der Waals surface area contributed by atoms with Gasteiger partial charge in [0.2, 0.25) is 0 Å². The van der Waals surface area contributed by atoms with Gasteiger partial charge in [0.15, 0.2) is 0 Å². The van der Waals surface area contributed by atoms with Crippen LogP contribution in [0.2, 0.25) is 0 Å². The van der Waals surface area contributed by atoms with Gasteiger partial charge in [0.1, 0.15) is 11.8 Å². The highest BCUT2D eigenvalue weighted by Crippen LogP contribution is 2.18. The first-order valence-electron chi connectivity index (χ1n) is 6.41. The highest BCUT2D eigenvalue weighted by molar-refractivity contribution is 5.66. The van der Waals surface area contributed by atoms with E-state index in [4.69, 9.17) is 9.57 Å². The number of hydroxylamine groups is 1. The van der Waals surface area contributed by atoms with Crippen LogP contribution in [-0.2, 0) is 9.57 Å². The standard InChI is InChI=1S/C12H24N2O4/c1-12(2,3)18-11(16)14-17-8-4-5-9-6-7-13-10(9)15/h9-10,13,15H,4-8H2,1-3H3,(H,14,16). The number of hydrogen-bond donors (Lipinski definition) is 3. The summed E-state index contributed by atoms with van der Waals surface area (Å²) in [4.78, 5) is 16.2. The molecule has 2 atom stereocenters. The van der Waals surface area contributed by atoms with Crippen molar-refractivity contribution < 1.29 is 19.5 Å². The highest BCUT2D eigenvalue weighted by atomic mass is 16.7. The molecule has 0 aromatic rings. The summed E-state index contributed by atoms with van der Waals surface area (Å²) in [5.41, 5.74) is 1.72. The summed E-state index contributed by atoms with van der Waals surface area (Å²) < 4.78 is 5.01. The third-order valence-electron chi connectivity index (χ3n) is 2.69. The molecule has 1 heterocycles. The molecule has 0 aromatic carbocycles. The van der Waals surface area contributed by atoms with Crippen molar-refractivity contribution in [3.63, 3.8) is 0 Å². The lowest BCUT2D eigenvalue weighted by atomic mass is 10.0. The van der Waals surface area contributed by atoms with Crippen LogP contribution >= 0.6 is 0 Å². The quantitative estimate of drug-likeness (QED) is 0.510. The molecule has 0 saturated carbocycles. The minimum Gasteiger partial charge on any atom is -0.442 e. The average Bonchev–Trinajstić information content (AvgIpc) is 2.61. The summed E-state index contributed by atoms with van der Waals surface area (Å²) in [7, 11) is 0. The molecule has 6 nitrogen and oxygen atoms in total. The molecule has 0 bridgehead atoms. The first kappa shape index (κ1) is 15.2. The van der Waals surface area contributed by atoms with Gasteiger partial charge in [0.25, 0.3) is 0 Å². The predicted octanol–water partition coefficient (Wildman–Crippen LogP) is 1.15. The lowest BCUT2D eigenvalue weighted by Crippen LogP contribution is -2.33. The minimum absolute atomic E-state index is 0.287. The Labute approximate surface area is 108 Å². The van der Waals surface area contributed by atoms with Gasteiger partial charge in [0.05, 0.1) is 6.61 Å². The van der Waals surface area contributed by atoms with Crippen molar-refractivity contribution in [1.29, 1.82) is 0 Å². The zero-order chi connectivity index (χ0) is 13.6. The summed E-state index contributed by atoms with van der Waals surface area (Å²) >= 11 is 0. The topological polar surface area (TPSA) is 79.8 Å². The van der Waals surface area contributed by atoms with Gasteiger partial charge in [-0.15, -0.1) is 0 Å². The molecule has 6 heteroatoms. The second-order valence-corrected chi connectivity index (χ2v) is 5.54. The van der Waals surface area contributed by atoms with Crippen molar-refractivity contribution in [2.75, 3.05) is 13.2 Å². The van der Waals surface area contributed by atoms with Crippen molar-refractivity contribution in [1.82, 2.24) is 10.8 Å². The molecule has 106 valence electrons. The number of nitrogens with one attached hydrogen (secondary N) is 2. The number of carbonyl (C=O) groups excluding carboxylic acids is 1. The number of ether oxygens (including phenoxy) is 1. The van der Waals surface area contributed by atoms with Gasteiger partial charge in [-0.05, 0) is 52.5 Å². The zero-order valence-electron chi connectivity index (χ0n) is 11.4. The molecule has 1 fully saturated rings. The molecule has 0 spiro atoms. The smallest absolute Gasteiger partial charge is 0.431 e. The summed E-state index contributed by atoms with van der Waals surface area (Å²) in [6.07, 6.45) is 1.68. The van der Waals surface area contributed by atoms with E-state index < -0.39 is 17.9 Å². The van der Waals surface area contributed by atoms with Crippen LogP contribution in [0.4, 0.5) is 4.79 Å². The molecular formula is C12H24N2O4. The van der Waals surface area contributed by atoms with Crippen LogP contribution in [0, 0.1) is 5.92 Å². The van der Waals surface area contributed by atoms with Gasteiger partial charge in [-0.1, -0.05) is 0 Å². The number of aliphatic hydroxyl groups is 1. The Hall–Kier alpha value is -0.850. The van der Waals surface area contributed by atoms with Crippen molar-refractivity contribution in [2.45, 2.75) is 51.9 Å². The Bertz CT molecular complexity index is 265. The number of amides is 1. The molecular weight excluding hydrogens is 236 g/mol. The molecule has 1 aliphatic rings. The second kappa shape index (κ2) is 6.92. The first-order valence-corrected chi connectivity index (χ1v) is 6.41. The van der Waals surface area contributed by atoms with Gasteiger partial charge in [-0.2, -0.15) is 5.48 Å². The lowest BCUT2D eigenvalue weighted by Gasteiger charge is -2.19. The van der Waals surface area contributed by atoms with E-state index in [0.29, 0.717) is 6.61 Å². The minimum atomic E-state index is -0.579. The van der Waals surface area contributed by atoms with E-state index in [1.54, 1.807) is 20.8 Å². The molecule has 0 radical (unpaired) electrons. The Morgan fingerprint density at radius 1 is 1.50 bits per heavy atom. The van der Waals surface area contributed by atoms with Crippen molar-refractivity contribution >= 4 is 6.09 Å². The number of hydrogen-bond acceptors (Lipinski definition) is 5. The average molecular weight is 260 g/mol. The first-order chi connectivity index (χ1) is 8.38. The lowest BCUT2D eigenvalue weighted by molar-refractivity contribution is -0.0103. The molecule has 1 rings (SSSR count). The van der Waals surface area contributed by atoms with Crippen LogP contribution < -0.4 is 10.8 Å². The molecule has 1 saturated heterocycles. The molecule has 1 aliphatic heterocycles. The Morgan fingerprint density at radius 3 is 2.78 bits per heavy atom. The second-order valence-electron chi connectivity index (χ2n) is 5.54. The van der Waals surface area contributed by atoms with E-state index in [2.05, 4.69) is 10.8 Å². The van der Waals surface area contributed by atoms with E-state index in [-0.39, 0.29) is 5.92 Å². The van der Waals surface area contributed by atoms with E-state index >= 15 is 0 Å². The van der Waals surface area contributed by atoms with Gasteiger partial charge in [-0.25, -0.2) is 4.79 Å². The van der Waals surface area contributed by atoms with E-state index in [1.807, 2.05) is 0 Å². The highest BCUT2D eigenvalue weighted by Gasteiger charge is 2.23. The fourth-order valence-corrected chi connectivity index (χ4v) is 1.87. The van der Waals surface area contributed by atoms with Crippen LogP contribution in [0.3, 0.4) is 0 Å². The van der Waals surface area contributed by atoms with Crippen molar-refractivity contribution in [3.8, 4) is 0 Å². The van der Waals surface area contributed by atoms with Crippen LogP contribution in [0.25, 0.3) is 0 Å². The SMILES string of the molecule is CC(C)(C)OC(=O)NOCCCC1CCNC1O. The fourth-order valence-electron chi connectivity index (χ4n) is 1.87. The van der Waals surface area contributed by atoms with Gasteiger partial charge in [0, 0.05) is 0 Å². The fraction of sp³-hybridized carbons (Fsp3) is 0.917. The number of aliphatic hydroxyl groups excluding tert-OH is 1. The van der Waals surface area contributed by atoms with Crippen molar-refractivity contribution in [2.24, 2.45) is 5.92 Å². The van der Waals surface area contributed by atoms with E-state index in [9.17, 15) is 9.90 Å². The number of rotatable bonds is 5. The van der Waals surface area contributed by atoms with Gasteiger partial charge < -0.3 is 9.84 Å². The summed E-state index contributed by atoms with van der Waals surface area (Å²) in [6, 6.07) is 0. The van der Waals surface area contributed by atoms with Gasteiger partial charge >= 0.3 is 6.09 Å². The van der Waals surface area contributed by atoms with Crippen LogP contribution in [0.1, 0.15) is 40.0 Å². The maximum atomic E-state index is 11.2. The summed E-state index contributed by atoms with van der Waals surface area (Å²) in [5, 5.41) is 12.5. The molecule has 3 N–H and O–H groups in total. The normalized spacial score (nSPS) is 24.0. The summed E-state index contributed by atoms with van der Waals surface area (Å²) in [6.45, 7) is 6.66.